The van der Waals surface area contributed by atoms with E-state index >= 15 is 0 Å². The van der Waals surface area contributed by atoms with E-state index < -0.39 is 24.6 Å². The van der Waals surface area contributed by atoms with E-state index in [-0.39, 0.29) is 36.9 Å². The van der Waals surface area contributed by atoms with Crippen molar-refractivity contribution in [1.82, 2.24) is 9.80 Å². The summed E-state index contributed by atoms with van der Waals surface area (Å²) in [5, 5.41) is 0. The van der Waals surface area contributed by atoms with Gasteiger partial charge in [0.25, 0.3) is 0 Å². The highest BCUT2D eigenvalue weighted by molar-refractivity contribution is 5.70. The van der Waals surface area contributed by atoms with E-state index in [0.717, 1.165) is 103 Å². The maximum absolute atomic E-state index is 13.1. The molecule has 0 spiro atoms. The first-order chi connectivity index (χ1) is 35.9. The molecule has 0 aliphatic carbocycles. The molecule has 1 unspecified atom stereocenters. The van der Waals surface area contributed by atoms with Crippen molar-refractivity contribution in [2.45, 2.75) is 283 Å². The Balaban J connectivity index is 2.69. The van der Waals surface area contributed by atoms with Gasteiger partial charge in [-0.3, -0.25) is 19.2 Å². The summed E-state index contributed by atoms with van der Waals surface area (Å²) < 4.78 is 42.4. The van der Waals surface area contributed by atoms with Gasteiger partial charge >= 0.3 is 23.9 Å². The van der Waals surface area contributed by atoms with E-state index in [2.05, 4.69) is 27.7 Å². The highest BCUT2D eigenvalue weighted by atomic mass is 16.7. The molecule has 1 aliphatic rings. The molecule has 4 atom stereocenters. The van der Waals surface area contributed by atoms with Crippen LogP contribution in [0.3, 0.4) is 0 Å². The van der Waals surface area contributed by atoms with E-state index in [1.807, 2.05) is 38.0 Å². The molecule has 1 rings (SSSR count). The SMILES string of the molecule is CCCCCC(CCCCC)CCOC(=O)CCCCCCCCOC1[C@H](OC(=O)CCCN(C)C)O[C@H](COC(=O)CCCN(C)C)[C@@H]1OCCCCCCCCC(=O)OCCC(CCCCC)CCCCC. The first-order valence-corrected chi connectivity index (χ1v) is 30.8. The van der Waals surface area contributed by atoms with Gasteiger partial charge < -0.3 is 43.0 Å². The van der Waals surface area contributed by atoms with Crippen molar-refractivity contribution in [1.29, 1.82) is 0 Å². The zero-order valence-electron chi connectivity index (χ0n) is 49.3. The van der Waals surface area contributed by atoms with Gasteiger partial charge in [-0.1, -0.05) is 182 Å². The fraction of sp³-hybridized carbons (Fsp3) is 0.934. The number of ether oxygens (including phenoxy) is 7. The predicted molar refractivity (Wildman–Crippen MR) is 300 cm³/mol. The topological polar surface area (TPSA) is 139 Å². The number of nitrogens with zero attached hydrogens (tertiary/aromatic N) is 2. The van der Waals surface area contributed by atoms with Crippen molar-refractivity contribution in [2.24, 2.45) is 11.8 Å². The minimum atomic E-state index is -0.984. The zero-order valence-corrected chi connectivity index (χ0v) is 49.3. The third-order valence-electron chi connectivity index (χ3n) is 14.5. The maximum Gasteiger partial charge on any atom is 0.308 e. The quantitative estimate of drug-likeness (QED) is 0.0325. The molecule has 1 saturated heterocycles. The van der Waals surface area contributed by atoms with Crippen molar-refractivity contribution in [2.75, 3.05) is 74.3 Å². The first kappa shape index (κ1) is 69.7. The Hall–Kier alpha value is -2.32. The van der Waals surface area contributed by atoms with Crippen LogP contribution < -0.4 is 0 Å². The predicted octanol–water partition coefficient (Wildman–Crippen LogP) is 14.1. The van der Waals surface area contributed by atoms with E-state index in [1.165, 1.54) is 103 Å². The van der Waals surface area contributed by atoms with Gasteiger partial charge in [-0.15, -0.1) is 0 Å². The Bertz CT molecular complexity index is 1310. The van der Waals surface area contributed by atoms with Gasteiger partial charge in [0.15, 0.2) is 0 Å². The van der Waals surface area contributed by atoms with E-state index in [4.69, 9.17) is 33.2 Å². The average Bonchev–Trinajstić information content (AvgIpc) is 3.68. The molecule has 0 aromatic carbocycles. The number of hydrogen-bond donors (Lipinski definition) is 0. The lowest BCUT2D eigenvalue weighted by molar-refractivity contribution is -0.197. The van der Waals surface area contributed by atoms with Crippen LogP contribution in [0.2, 0.25) is 0 Å². The highest BCUT2D eigenvalue weighted by Crippen LogP contribution is 2.30. The molecule has 436 valence electrons. The summed E-state index contributed by atoms with van der Waals surface area (Å²) in [6.07, 6.45) is 33.3. The molecule has 13 nitrogen and oxygen atoms in total. The van der Waals surface area contributed by atoms with Gasteiger partial charge in [0.1, 0.15) is 24.9 Å². The van der Waals surface area contributed by atoms with Crippen LogP contribution in [0, 0.1) is 11.8 Å². The summed E-state index contributed by atoms with van der Waals surface area (Å²) in [7, 11) is 7.90. The molecule has 13 heteroatoms. The van der Waals surface area contributed by atoms with E-state index in [0.29, 0.717) is 70.4 Å². The molecule has 0 bridgehead atoms. The third-order valence-corrected chi connectivity index (χ3v) is 14.5. The average molecular weight is 1050 g/mol. The Morgan fingerprint density at radius 1 is 0.392 bits per heavy atom. The van der Waals surface area contributed by atoms with Crippen LogP contribution in [-0.4, -0.2) is 133 Å². The molecular weight excluding hydrogens is 937 g/mol. The van der Waals surface area contributed by atoms with Crippen LogP contribution in [-0.2, 0) is 52.3 Å². The fourth-order valence-corrected chi connectivity index (χ4v) is 9.83. The van der Waals surface area contributed by atoms with Gasteiger partial charge in [-0.05, 0) is 104 Å². The highest BCUT2D eigenvalue weighted by Gasteiger charge is 2.49. The van der Waals surface area contributed by atoms with Gasteiger partial charge in [0.05, 0.1) is 13.2 Å². The molecule has 0 radical (unpaired) electrons. The Kier molecular flexibility index (Phi) is 46.2. The second kappa shape index (κ2) is 49.0. The van der Waals surface area contributed by atoms with Gasteiger partial charge in [0.2, 0.25) is 6.29 Å². The third kappa shape index (κ3) is 40.0. The van der Waals surface area contributed by atoms with Crippen molar-refractivity contribution in [3.05, 3.63) is 0 Å². The van der Waals surface area contributed by atoms with Crippen LogP contribution in [0.4, 0.5) is 0 Å². The summed E-state index contributed by atoms with van der Waals surface area (Å²) in [4.78, 5) is 55.0. The molecule has 0 amide bonds. The second-order valence-electron chi connectivity index (χ2n) is 22.2. The molecule has 0 aromatic heterocycles. The van der Waals surface area contributed by atoms with Crippen molar-refractivity contribution in [3.8, 4) is 0 Å². The smallest absolute Gasteiger partial charge is 0.308 e. The molecule has 74 heavy (non-hydrogen) atoms. The van der Waals surface area contributed by atoms with Crippen LogP contribution in [0.1, 0.15) is 259 Å². The minimum Gasteiger partial charge on any atom is -0.466 e. The Labute approximate surface area is 454 Å². The molecule has 0 N–H and O–H groups in total. The number of carbonyl (C=O) groups is 4. The Morgan fingerprint density at radius 2 is 0.757 bits per heavy atom. The molecule has 1 aliphatic heterocycles. The summed E-state index contributed by atoms with van der Waals surface area (Å²) in [6.45, 7) is 12.5. The zero-order chi connectivity index (χ0) is 54.3. The summed E-state index contributed by atoms with van der Waals surface area (Å²) >= 11 is 0. The van der Waals surface area contributed by atoms with E-state index in [9.17, 15) is 19.2 Å². The number of hydrogen-bond acceptors (Lipinski definition) is 13. The van der Waals surface area contributed by atoms with Crippen molar-refractivity contribution < 1.29 is 52.3 Å². The van der Waals surface area contributed by atoms with Crippen LogP contribution >= 0.6 is 0 Å². The van der Waals surface area contributed by atoms with Crippen LogP contribution in [0.15, 0.2) is 0 Å². The first-order valence-electron chi connectivity index (χ1n) is 30.8. The lowest BCUT2D eigenvalue weighted by Gasteiger charge is -2.24. The Morgan fingerprint density at radius 3 is 1.18 bits per heavy atom. The lowest BCUT2D eigenvalue weighted by atomic mass is 9.92. The minimum absolute atomic E-state index is 0.0207. The van der Waals surface area contributed by atoms with Gasteiger partial charge in [-0.25, -0.2) is 0 Å². The van der Waals surface area contributed by atoms with E-state index in [1.54, 1.807) is 0 Å². The molecule has 0 aromatic rings. The molecule has 0 saturated carbocycles. The largest absolute Gasteiger partial charge is 0.466 e. The molecule has 1 fully saturated rings. The van der Waals surface area contributed by atoms with Gasteiger partial charge in [0, 0.05) is 38.9 Å². The standard InChI is InChI=1S/C61H116N2O11/c1-9-13-25-35-52(36-26-14-10-2)43-49-68-55(64)39-29-21-17-19-23-31-47-70-59-54(51-72-57(66)41-33-45-62(5)6)73-61(74-58(67)42-34-46-63(7)8)60(59)71-48-32-24-20-18-22-30-40-56(65)69-50-44-53(37-27-15-11-3)38-28-16-12-4/h52-54,59-61H,9-51H2,1-8H3/t54-,59+,60?,61+/m1/s1. The summed E-state index contributed by atoms with van der Waals surface area (Å²) in [5.41, 5.74) is 0. The van der Waals surface area contributed by atoms with Gasteiger partial charge in [-0.2, -0.15) is 0 Å². The second-order valence-corrected chi connectivity index (χ2v) is 22.2. The lowest BCUT2D eigenvalue weighted by Crippen LogP contribution is -2.41. The number of esters is 4. The number of unbranched alkanes of at least 4 members (excludes halogenated alkanes) is 18. The fourth-order valence-electron chi connectivity index (χ4n) is 9.83. The van der Waals surface area contributed by atoms with Crippen molar-refractivity contribution >= 4 is 23.9 Å². The number of carbonyl (C=O) groups excluding carboxylic acids is 4. The van der Waals surface area contributed by atoms with Crippen molar-refractivity contribution in [3.63, 3.8) is 0 Å². The summed E-state index contributed by atoms with van der Waals surface area (Å²) in [6, 6.07) is 0. The molecular formula is C61H116N2O11. The monoisotopic (exact) mass is 1050 g/mol. The summed E-state index contributed by atoms with van der Waals surface area (Å²) in [5.74, 6) is 0.514. The maximum atomic E-state index is 13.1. The van der Waals surface area contributed by atoms with Crippen LogP contribution in [0.5, 0.6) is 0 Å². The number of rotatable bonds is 53. The normalized spacial score (nSPS) is 16.8. The van der Waals surface area contributed by atoms with Crippen LogP contribution in [0.25, 0.3) is 0 Å². The molecule has 1 heterocycles.